The van der Waals surface area contributed by atoms with Crippen LogP contribution in [0, 0.1) is 10.1 Å². The number of Topliss-reactive ketones (excluding diaryl/α,β-unsaturated/α-hetero) is 1. The van der Waals surface area contributed by atoms with E-state index in [2.05, 4.69) is 0 Å². The summed E-state index contributed by atoms with van der Waals surface area (Å²) in [6, 6.07) is -2.46. The van der Waals surface area contributed by atoms with E-state index in [0.717, 1.165) is 0 Å². The van der Waals surface area contributed by atoms with Gasteiger partial charge in [0.1, 0.15) is 0 Å². The van der Waals surface area contributed by atoms with Crippen LogP contribution in [-0.4, -0.2) is 29.1 Å². The molecule has 16 heavy (non-hydrogen) atoms. The Kier molecular flexibility index (Phi) is 6.03. The summed E-state index contributed by atoms with van der Waals surface area (Å²) < 4.78 is 66.3. The molecule has 0 saturated heterocycles. The maximum absolute atomic E-state index is 11.3. The topological polar surface area (TPSA) is 60.2 Å². The zero-order valence-corrected chi connectivity index (χ0v) is 8.02. The van der Waals surface area contributed by atoms with Crippen molar-refractivity contribution in [3.05, 3.63) is 10.1 Å². The van der Waals surface area contributed by atoms with E-state index in [0.29, 0.717) is 13.8 Å². The predicted molar refractivity (Wildman–Crippen MR) is 39.2 cm³/mol. The zero-order valence-electron chi connectivity index (χ0n) is 8.02. The fourth-order valence-corrected chi connectivity index (χ4v) is 0.120. The minimum absolute atomic E-state index is 0.486. The van der Waals surface area contributed by atoms with Gasteiger partial charge in [-0.1, -0.05) is 0 Å². The van der Waals surface area contributed by atoms with Crippen LogP contribution in [0.4, 0.5) is 26.3 Å². The molecule has 0 fully saturated rings. The molecule has 0 saturated carbocycles. The van der Waals surface area contributed by atoms with Crippen molar-refractivity contribution in [1.82, 2.24) is 0 Å². The van der Waals surface area contributed by atoms with Gasteiger partial charge in [0.2, 0.25) is 5.78 Å². The largest absolute Gasteiger partial charge is 0.457 e. The summed E-state index contributed by atoms with van der Waals surface area (Å²) in [5.74, 6) is -1.76. The predicted octanol–water partition coefficient (Wildman–Crippen LogP) is 2.35. The fourth-order valence-electron chi connectivity index (χ4n) is 0.120. The molecule has 0 aromatic heterocycles. The smallest absolute Gasteiger partial charge is 0.290 e. The van der Waals surface area contributed by atoms with Crippen LogP contribution in [0.3, 0.4) is 0 Å². The van der Waals surface area contributed by atoms with Crippen molar-refractivity contribution < 1.29 is 36.1 Å². The van der Waals surface area contributed by atoms with E-state index < -0.39 is 29.1 Å². The number of nitro groups is 1. The molecule has 96 valence electrons. The lowest BCUT2D eigenvalue weighted by Gasteiger charge is -2.05. The lowest BCUT2D eigenvalue weighted by molar-refractivity contribution is -0.558. The first-order chi connectivity index (χ1) is 6.80. The van der Waals surface area contributed by atoms with Gasteiger partial charge in [0.25, 0.3) is 0 Å². The van der Waals surface area contributed by atoms with Gasteiger partial charge in [-0.05, 0) is 0 Å². The molecule has 0 aromatic carbocycles. The van der Waals surface area contributed by atoms with Crippen molar-refractivity contribution in [2.75, 3.05) is 0 Å². The normalized spacial score (nSPS) is 13.5. The molecule has 0 bridgehead atoms. The standard InChI is InChI=1S/C3H4F3NO2.C3H3F3O/c1-2(7(8)9)3(4,5)6;1-2(7)3(4,5)6/h2H,1H3;1H3. The molecule has 0 N–H and O–H groups in total. The molecule has 0 radical (unpaired) electrons. The number of carbonyl (C=O) groups excluding carboxylic acids is 1. The molecule has 0 spiro atoms. The molecule has 1 unspecified atom stereocenters. The Morgan fingerprint density at radius 3 is 1.44 bits per heavy atom. The van der Waals surface area contributed by atoms with Crippen molar-refractivity contribution in [2.45, 2.75) is 32.2 Å². The van der Waals surface area contributed by atoms with Crippen LogP contribution >= 0.6 is 0 Å². The highest BCUT2D eigenvalue weighted by molar-refractivity contribution is 5.81. The second kappa shape index (κ2) is 5.66. The first-order valence-electron chi connectivity index (χ1n) is 3.58. The van der Waals surface area contributed by atoms with Gasteiger partial charge in [-0.25, -0.2) is 0 Å². The van der Waals surface area contributed by atoms with Crippen LogP contribution in [0.15, 0.2) is 0 Å². The molecule has 0 aliphatic heterocycles. The fraction of sp³-hybridized carbons (Fsp3) is 0.833. The Hall–Kier alpha value is -1.35. The van der Waals surface area contributed by atoms with Crippen LogP contribution in [0.1, 0.15) is 13.8 Å². The van der Waals surface area contributed by atoms with Gasteiger partial charge in [-0.3, -0.25) is 14.9 Å². The number of halogens is 6. The molecule has 0 heterocycles. The second-order valence-electron chi connectivity index (χ2n) is 2.56. The first-order valence-corrected chi connectivity index (χ1v) is 3.58. The van der Waals surface area contributed by atoms with Crippen LogP contribution in [-0.2, 0) is 4.79 Å². The maximum atomic E-state index is 11.3. The summed E-state index contributed by atoms with van der Waals surface area (Å²) in [4.78, 5) is 17.4. The van der Waals surface area contributed by atoms with Gasteiger partial charge in [-0.15, -0.1) is 0 Å². The van der Waals surface area contributed by atoms with Crippen LogP contribution < -0.4 is 0 Å². The number of rotatable bonds is 1. The second-order valence-corrected chi connectivity index (χ2v) is 2.56. The average molecular weight is 255 g/mol. The van der Waals surface area contributed by atoms with E-state index in [4.69, 9.17) is 0 Å². The van der Waals surface area contributed by atoms with Gasteiger partial charge < -0.3 is 0 Å². The van der Waals surface area contributed by atoms with Crippen molar-refractivity contribution in [1.29, 1.82) is 0 Å². The summed E-state index contributed by atoms with van der Waals surface area (Å²) >= 11 is 0. The number of alkyl halides is 6. The summed E-state index contributed by atoms with van der Waals surface area (Å²) in [5, 5.41) is 9.43. The van der Waals surface area contributed by atoms with Crippen LogP contribution in [0.5, 0.6) is 0 Å². The van der Waals surface area contributed by atoms with Crippen molar-refractivity contribution >= 4 is 5.78 Å². The minimum Gasteiger partial charge on any atom is -0.290 e. The molecule has 0 aromatic rings. The van der Waals surface area contributed by atoms with Crippen molar-refractivity contribution in [3.8, 4) is 0 Å². The minimum atomic E-state index is -4.72. The third kappa shape index (κ3) is 8.00. The number of nitrogens with zero attached hydrogens (tertiary/aromatic N) is 1. The Balaban J connectivity index is 0. The Bertz CT molecular complexity index is 258. The van der Waals surface area contributed by atoms with E-state index in [1.807, 2.05) is 0 Å². The molecule has 0 aliphatic carbocycles. The quantitative estimate of drug-likeness (QED) is 0.410. The Morgan fingerprint density at radius 1 is 1.19 bits per heavy atom. The molecule has 0 aliphatic rings. The number of carbonyl (C=O) groups is 1. The summed E-state index contributed by atoms with van der Waals surface area (Å²) in [6.07, 6.45) is -9.36. The lowest BCUT2D eigenvalue weighted by atomic mass is 10.4. The van der Waals surface area contributed by atoms with E-state index >= 15 is 0 Å². The molecule has 10 heteroatoms. The van der Waals surface area contributed by atoms with E-state index in [1.165, 1.54) is 0 Å². The monoisotopic (exact) mass is 255 g/mol. The Morgan fingerprint density at radius 2 is 1.44 bits per heavy atom. The van der Waals surface area contributed by atoms with E-state index in [9.17, 15) is 41.3 Å². The van der Waals surface area contributed by atoms with E-state index in [-0.39, 0.29) is 0 Å². The molecular weight excluding hydrogens is 248 g/mol. The highest BCUT2D eigenvalue weighted by Crippen LogP contribution is 2.21. The summed E-state index contributed by atoms with van der Waals surface area (Å²) in [7, 11) is 0. The summed E-state index contributed by atoms with van der Waals surface area (Å²) in [6.45, 7) is 0.986. The number of hydrogen-bond acceptors (Lipinski definition) is 3. The molecule has 1 atom stereocenters. The molecule has 0 rings (SSSR count). The van der Waals surface area contributed by atoms with Crippen LogP contribution in [0.25, 0.3) is 0 Å². The van der Waals surface area contributed by atoms with Crippen molar-refractivity contribution in [2.24, 2.45) is 0 Å². The van der Waals surface area contributed by atoms with Gasteiger partial charge in [0.05, 0.1) is 0 Å². The van der Waals surface area contributed by atoms with E-state index in [1.54, 1.807) is 0 Å². The third-order valence-corrected chi connectivity index (χ3v) is 1.19. The third-order valence-electron chi connectivity index (χ3n) is 1.19. The van der Waals surface area contributed by atoms with Gasteiger partial charge in [-0.2, -0.15) is 26.3 Å². The number of ketones is 1. The van der Waals surface area contributed by atoms with Crippen LogP contribution in [0.2, 0.25) is 0 Å². The molecule has 0 amide bonds. The highest BCUT2D eigenvalue weighted by atomic mass is 19.4. The average Bonchev–Trinajstić information content (AvgIpc) is 2.00. The molecule has 4 nitrogen and oxygen atoms in total. The SMILES string of the molecule is CC(=O)C(F)(F)F.CC([N+](=O)[O-])C(F)(F)F. The summed E-state index contributed by atoms with van der Waals surface area (Å²) in [5.41, 5.74) is 0. The van der Waals surface area contributed by atoms with Gasteiger partial charge >= 0.3 is 18.4 Å². The van der Waals surface area contributed by atoms with Crippen molar-refractivity contribution in [3.63, 3.8) is 0 Å². The Labute approximate surface area is 85.4 Å². The molecular formula is C6H7F6NO3. The van der Waals surface area contributed by atoms with Gasteiger partial charge in [0, 0.05) is 18.8 Å². The number of hydrogen-bond donors (Lipinski definition) is 0. The first kappa shape index (κ1) is 17.1. The lowest BCUT2D eigenvalue weighted by Crippen LogP contribution is -2.32. The maximum Gasteiger partial charge on any atom is 0.457 e. The van der Waals surface area contributed by atoms with Gasteiger partial charge in [0.15, 0.2) is 0 Å². The zero-order chi connectivity index (χ0) is 13.7. The highest BCUT2D eigenvalue weighted by Gasteiger charge is 2.45.